The standard InChI is InChI=1S/C23H20Cl2N2O6/c1-13(27-20(28)15-11-17(24)18(25)12-16(15)21(27)29)23(31)33-19(14-5-3-2-4-6-14)22(30)26-7-9-32-10-8-26/h2-6,11-13,19H,7-10H2,1H3. The summed E-state index contributed by atoms with van der Waals surface area (Å²) in [6.07, 6.45) is -1.22. The van der Waals surface area contributed by atoms with Crippen molar-refractivity contribution in [1.82, 2.24) is 9.80 Å². The number of hydrogen-bond donors (Lipinski definition) is 0. The molecule has 1 saturated heterocycles. The number of esters is 1. The maximum Gasteiger partial charge on any atom is 0.330 e. The van der Waals surface area contributed by atoms with Crippen LogP contribution < -0.4 is 0 Å². The molecule has 10 heteroatoms. The summed E-state index contributed by atoms with van der Waals surface area (Å²) in [5.74, 6) is -2.66. The summed E-state index contributed by atoms with van der Waals surface area (Å²) in [6.45, 7) is 2.88. The lowest BCUT2D eigenvalue weighted by atomic mass is 10.1. The van der Waals surface area contributed by atoms with Crippen molar-refractivity contribution < 1.29 is 28.7 Å². The van der Waals surface area contributed by atoms with Crippen LogP contribution in [0.4, 0.5) is 0 Å². The number of imide groups is 1. The third kappa shape index (κ3) is 4.46. The predicted molar refractivity (Wildman–Crippen MR) is 119 cm³/mol. The molecular weight excluding hydrogens is 471 g/mol. The molecule has 1 fully saturated rings. The van der Waals surface area contributed by atoms with Gasteiger partial charge in [0.05, 0.1) is 34.4 Å². The highest BCUT2D eigenvalue weighted by atomic mass is 35.5. The van der Waals surface area contributed by atoms with Gasteiger partial charge in [-0.2, -0.15) is 0 Å². The summed E-state index contributed by atoms with van der Waals surface area (Å²) >= 11 is 12.0. The van der Waals surface area contributed by atoms with Crippen LogP contribution in [0.1, 0.15) is 39.3 Å². The summed E-state index contributed by atoms with van der Waals surface area (Å²) in [5.41, 5.74) is 0.589. The number of amides is 3. The van der Waals surface area contributed by atoms with Crippen molar-refractivity contribution in [2.24, 2.45) is 0 Å². The van der Waals surface area contributed by atoms with Gasteiger partial charge in [0.15, 0.2) is 0 Å². The highest BCUT2D eigenvalue weighted by molar-refractivity contribution is 6.43. The van der Waals surface area contributed by atoms with Crippen molar-refractivity contribution in [3.8, 4) is 0 Å². The van der Waals surface area contributed by atoms with E-state index in [0.717, 1.165) is 4.90 Å². The van der Waals surface area contributed by atoms with Crippen LogP contribution in [0.3, 0.4) is 0 Å². The van der Waals surface area contributed by atoms with E-state index >= 15 is 0 Å². The zero-order valence-electron chi connectivity index (χ0n) is 17.6. The SMILES string of the molecule is CC(C(=O)OC(C(=O)N1CCOCC1)c1ccccc1)N1C(=O)c2cc(Cl)c(Cl)cc2C1=O. The molecule has 8 nitrogen and oxygen atoms in total. The van der Waals surface area contributed by atoms with E-state index in [9.17, 15) is 19.2 Å². The lowest BCUT2D eigenvalue weighted by Crippen LogP contribution is -2.47. The number of hydrogen-bond acceptors (Lipinski definition) is 6. The van der Waals surface area contributed by atoms with Crippen LogP contribution in [0, 0.1) is 0 Å². The van der Waals surface area contributed by atoms with Gasteiger partial charge in [-0.25, -0.2) is 4.79 Å². The van der Waals surface area contributed by atoms with E-state index in [1.807, 2.05) is 0 Å². The van der Waals surface area contributed by atoms with E-state index < -0.39 is 35.8 Å². The lowest BCUT2D eigenvalue weighted by Gasteiger charge is -2.31. The number of nitrogens with zero attached hydrogens (tertiary/aromatic N) is 2. The van der Waals surface area contributed by atoms with Crippen LogP contribution in [0.5, 0.6) is 0 Å². The van der Waals surface area contributed by atoms with Crippen LogP contribution in [-0.2, 0) is 19.1 Å². The number of fused-ring (bicyclic) bond motifs is 1. The van der Waals surface area contributed by atoms with Crippen molar-refractivity contribution in [2.75, 3.05) is 26.3 Å². The average Bonchev–Trinajstić information content (AvgIpc) is 3.06. The molecule has 2 aromatic rings. The number of carbonyl (C=O) groups is 4. The molecule has 4 rings (SSSR count). The Morgan fingerprint density at radius 3 is 2.06 bits per heavy atom. The molecule has 172 valence electrons. The zero-order chi connectivity index (χ0) is 23.7. The quantitative estimate of drug-likeness (QED) is 0.472. The smallest absolute Gasteiger partial charge is 0.330 e. The maximum atomic E-state index is 13.2. The van der Waals surface area contributed by atoms with Gasteiger partial charge in [-0.05, 0) is 19.1 Å². The Balaban J connectivity index is 1.57. The molecule has 2 heterocycles. The molecule has 2 unspecified atom stereocenters. The Labute approximate surface area is 199 Å². The Kier molecular flexibility index (Phi) is 6.69. The highest BCUT2D eigenvalue weighted by Crippen LogP contribution is 2.33. The molecule has 0 radical (unpaired) electrons. The Morgan fingerprint density at radius 1 is 0.970 bits per heavy atom. The minimum Gasteiger partial charge on any atom is -0.446 e. The second kappa shape index (κ2) is 9.51. The summed E-state index contributed by atoms with van der Waals surface area (Å²) in [5, 5.41) is 0.239. The van der Waals surface area contributed by atoms with Gasteiger partial charge in [0.2, 0.25) is 6.10 Å². The minimum atomic E-state index is -1.28. The monoisotopic (exact) mass is 490 g/mol. The van der Waals surface area contributed by atoms with Crippen molar-refractivity contribution in [1.29, 1.82) is 0 Å². The molecule has 2 aromatic carbocycles. The summed E-state index contributed by atoms with van der Waals surface area (Å²) in [4.78, 5) is 54.3. The van der Waals surface area contributed by atoms with Crippen LogP contribution in [0.15, 0.2) is 42.5 Å². The van der Waals surface area contributed by atoms with Gasteiger partial charge in [-0.15, -0.1) is 0 Å². The van der Waals surface area contributed by atoms with Gasteiger partial charge in [-0.3, -0.25) is 19.3 Å². The number of benzene rings is 2. The van der Waals surface area contributed by atoms with Gasteiger partial charge in [0, 0.05) is 18.7 Å². The number of morpholine rings is 1. The second-order valence-electron chi connectivity index (χ2n) is 7.63. The van der Waals surface area contributed by atoms with Gasteiger partial charge in [-0.1, -0.05) is 53.5 Å². The van der Waals surface area contributed by atoms with Crippen molar-refractivity contribution in [3.63, 3.8) is 0 Å². The molecule has 2 atom stereocenters. The highest BCUT2D eigenvalue weighted by Gasteiger charge is 2.43. The van der Waals surface area contributed by atoms with Crippen LogP contribution >= 0.6 is 23.2 Å². The minimum absolute atomic E-state index is 0.0538. The fraction of sp³-hybridized carbons (Fsp3) is 0.304. The van der Waals surface area contributed by atoms with E-state index in [1.165, 1.54) is 19.1 Å². The molecule has 0 spiro atoms. The van der Waals surface area contributed by atoms with Gasteiger partial charge < -0.3 is 14.4 Å². The third-order valence-electron chi connectivity index (χ3n) is 5.57. The third-order valence-corrected chi connectivity index (χ3v) is 6.29. The largest absolute Gasteiger partial charge is 0.446 e. The first-order valence-corrected chi connectivity index (χ1v) is 11.0. The molecule has 0 aromatic heterocycles. The molecule has 2 aliphatic rings. The predicted octanol–water partition coefficient (Wildman–Crippen LogP) is 3.12. The molecule has 33 heavy (non-hydrogen) atoms. The summed E-state index contributed by atoms with van der Waals surface area (Å²) < 4.78 is 10.9. The van der Waals surface area contributed by atoms with Crippen LogP contribution in [-0.4, -0.2) is 65.8 Å². The van der Waals surface area contributed by atoms with Gasteiger partial charge >= 0.3 is 5.97 Å². The van der Waals surface area contributed by atoms with Crippen molar-refractivity contribution >= 4 is 46.9 Å². The van der Waals surface area contributed by atoms with Crippen molar-refractivity contribution in [3.05, 3.63) is 69.2 Å². The Bertz CT molecular complexity index is 1080. The van der Waals surface area contributed by atoms with Crippen LogP contribution in [0.2, 0.25) is 10.0 Å². The van der Waals surface area contributed by atoms with E-state index in [1.54, 1.807) is 35.2 Å². The molecule has 0 aliphatic carbocycles. The molecule has 0 N–H and O–H groups in total. The average molecular weight is 491 g/mol. The van der Waals surface area contributed by atoms with E-state index in [2.05, 4.69) is 0 Å². The fourth-order valence-corrected chi connectivity index (χ4v) is 4.09. The maximum absolute atomic E-state index is 13.2. The number of carbonyl (C=O) groups excluding carboxylic acids is 4. The Hall–Kier alpha value is -2.94. The topological polar surface area (TPSA) is 93.2 Å². The first kappa shape index (κ1) is 23.2. The Morgan fingerprint density at radius 2 is 1.52 bits per heavy atom. The lowest BCUT2D eigenvalue weighted by molar-refractivity contribution is -0.165. The molecule has 0 bridgehead atoms. The molecular formula is C23H20Cl2N2O6. The second-order valence-corrected chi connectivity index (χ2v) is 8.45. The van der Waals surface area contributed by atoms with Gasteiger partial charge in [0.25, 0.3) is 17.7 Å². The van der Waals surface area contributed by atoms with E-state index in [-0.39, 0.29) is 21.2 Å². The summed E-state index contributed by atoms with van der Waals surface area (Å²) in [7, 11) is 0. The van der Waals surface area contributed by atoms with E-state index in [0.29, 0.717) is 31.9 Å². The van der Waals surface area contributed by atoms with Gasteiger partial charge in [0.1, 0.15) is 6.04 Å². The summed E-state index contributed by atoms with van der Waals surface area (Å²) in [6, 6.07) is 9.89. The molecule has 3 amide bonds. The first-order valence-electron chi connectivity index (χ1n) is 10.3. The van der Waals surface area contributed by atoms with Crippen molar-refractivity contribution in [2.45, 2.75) is 19.1 Å². The van der Waals surface area contributed by atoms with Crippen LogP contribution in [0.25, 0.3) is 0 Å². The first-order chi connectivity index (χ1) is 15.8. The number of ether oxygens (including phenoxy) is 2. The van der Waals surface area contributed by atoms with E-state index in [4.69, 9.17) is 32.7 Å². The zero-order valence-corrected chi connectivity index (χ0v) is 19.1. The number of rotatable bonds is 5. The fourth-order valence-electron chi connectivity index (χ4n) is 3.76. The molecule has 2 aliphatic heterocycles. The molecule has 0 saturated carbocycles. The normalized spacial score (nSPS) is 17.5. The number of halogens is 2.